The Kier molecular flexibility index (Phi) is 7.16. The summed E-state index contributed by atoms with van der Waals surface area (Å²) in [5.41, 5.74) is 3.43. The lowest BCUT2D eigenvalue weighted by atomic mass is 10.0. The first kappa shape index (κ1) is 23.0. The number of fused-ring (bicyclic) bond motifs is 1. The van der Waals surface area contributed by atoms with Crippen LogP contribution in [0.3, 0.4) is 0 Å². The molecule has 4 aromatic carbocycles. The minimum atomic E-state index is -0.986. The average Bonchev–Trinajstić information content (AvgIpc) is 2.85. The van der Waals surface area contributed by atoms with Gasteiger partial charge in [0.25, 0.3) is 0 Å². The molecule has 0 radical (unpaired) electrons. The molecule has 0 unspecified atom stereocenters. The van der Waals surface area contributed by atoms with Gasteiger partial charge in [-0.3, -0.25) is 0 Å². The monoisotopic (exact) mass is 450 g/mol. The van der Waals surface area contributed by atoms with Gasteiger partial charge in [0.05, 0.1) is 5.56 Å². The highest BCUT2D eigenvalue weighted by atomic mass is 19.2. The van der Waals surface area contributed by atoms with Crippen molar-refractivity contribution in [1.29, 1.82) is 0 Å². The highest BCUT2D eigenvalue weighted by molar-refractivity contribution is 5.86. The van der Waals surface area contributed by atoms with E-state index < -0.39 is 17.5 Å². The van der Waals surface area contributed by atoms with E-state index >= 15 is 0 Å². The van der Waals surface area contributed by atoms with Gasteiger partial charge in [0, 0.05) is 22.1 Å². The van der Waals surface area contributed by atoms with Gasteiger partial charge in [-0.15, -0.1) is 0 Å². The van der Waals surface area contributed by atoms with E-state index in [1.807, 2.05) is 25.1 Å². The summed E-state index contributed by atoms with van der Waals surface area (Å²) in [6.07, 6.45) is 6.23. The number of halogens is 3. The molecule has 4 aromatic rings. The first-order chi connectivity index (χ1) is 16.5. The molecule has 0 heterocycles. The van der Waals surface area contributed by atoms with Crippen molar-refractivity contribution in [3.8, 4) is 23.7 Å². The van der Waals surface area contributed by atoms with E-state index in [-0.39, 0.29) is 11.1 Å². The van der Waals surface area contributed by atoms with Gasteiger partial charge >= 0.3 is 0 Å². The predicted molar refractivity (Wildman–Crippen MR) is 132 cm³/mol. The first-order valence-corrected chi connectivity index (χ1v) is 10.9. The Morgan fingerprint density at radius 2 is 1.35 bits per heavy atom. The summed E-state index contributed by atoms with van der Waals surface area (Å²) in [6, 6.07) is 20.2. The Morgan fingerprint density at radius 1 is 0.676 bits per heavy atom. The number of aryl methyl sites for hydroxylation is 1. The summed E-state index contributed by atoms with van der Waals surface area (Å²) < 4.78 is 41.4. The van der Waals surface area contributed by atoms with Crippen LogP contribution in [0.2, 0.25) is 0 Å². The predicted octanol–water partition coefficient (Wildman–Crippen LogP) is 7.57. The van der Waals surface area contributed by atoms with E-state index in [0.29, 0.717) is 10.8 Å². The van der Waals surface area contributed by atoms with Crippen LogP contribution in [-0.4, -0.2) is 0 Å². The van der Waals surface area contributed by atoms with Crippen LogP contribution in [0.15, 0.2) is 84.9 Å². The largest absolute Gasteiger partial charge is 0.205 e. The Hall–Kier alpha value is -4.21. The molecular formula is C31H21F3. The second kappa shape index (κ2) is 10.6. The van der Waals surface area contributed by atoms with E-state index in [1.165, 1.54) is 11.6 Å². The number of hydrogen-bond donors (Lipinski definition) is 0. The quantitative estimate of drug-likeness (QED) is 0.223. The smallest absolute Gasteiger partial charge is 0.160 e. The van der Waals surface area contributed by atoms with Crippen molar-refractivity contribution >= 4 is 10.8 Å². The van der Waals surface area contributed by atoms with Crippen molar-refractivity contribution in [3.05, 3.63) is 130 Å². The van der Waals surface area contributed by atoms with Crippen LogP contribution in [0.4, 0.5) is 13.2 Å². The second-order valence-electron chi connectivity index (χ2n) is 7.80. The van der Waals surface area contributed by atoms with Gasteiger partial charge in [-0.05, 0) is 79.2 Å². The molecule has 0 aliphatic rings. The van der Waals surface area contributed by atoms with Gasteiger partial charge in [-0.25, -0.2) is 13.2 Å². The van der Waals surface area contributed by atoms with Crippen molar-refractivity contribution in [2.75, 3.05) is 0 Å². The van der Waals surface area contributed by atoms with Crippen LogP contribution in [0.25, 0.3) is 10.8 Å². The van der Waals surface area contributed by atoms with Gasteiger partial charge in [-0.1, -0.05) is 60.1 Å². The van der Waals surface area contributed by atoms with Crippen LogP contribution in [0, 0.1) is 41.1 Å². The summed E-state index contributed by atoms with van der Waals surface area (Å²) in [4.78, 5) is 0. The van der Waals surface area contributed by atoms with Gasteiger partial charge in [0.2, 0.25) is 0 Å². The van der Waals surface area contributed by atoms with Crippen molar-refractivity contribution < 1.29 is 13.2 Å². The van der Waals surface area contributed by atoms with Crippen LogP contribution < -0.4 is 0 Å². The summed E-state index contributed by atoms with van der Waals surface area (Å²) in [6.45, 7) is 2.02. The fourth-order valence-electron chi connectivity index (χ4n) is 3.50. The fraction of sp³-hybridized carbons (Fsp3) is 0.0968. The molecule has 34 heavy (non-hydrogen) atoms. The highest BCUT2D eigenvalue weighted by Gasteiger charge is 2.06. The van der Waals surface area contributed by atoms with Crippen molar-refractivity contribution in [3.63, 3.8) is 0 Å². The maximum atomic E-state index is 15.0. The molecule has 166 valence electrons. The maximum absolute atomic E-state index is 15.0. The van der Waals surface area contributed by atoms with Gasteiger partial charge in [-0.2, -0.15) is 0 Å². The molecule has 4 rings (SSSR count). The van der Waals surface area contributed by atoms with E-state index in [9.17, 15) is 13.2 Å². The number of rotatable bonds is 3. The van der Waals surface area contributed by atoms with Crippen molar-refractivity contribution in [1.82, 2.24) is 0 Å². The first-order valence-electron chi connectivity index (χ1n) is 10.9. The molecule has 0 saturated carbocycles. The third-order valence-corrected chi connectivity index (χ3v) is 5.36. The molecule has 0 bridgehead atoms. The van der Waals surface area contributed by atoms with E-state index in [4.69, 9.17) is 0 Å². The molecule has 0 fully saturated rings. The molecule has 0 atom stereocenters. The standard InChI is InChI=1S/C31H21F3/c1-2-3-4-5-22-6-8-23(9-7-22)10-11-24-13-18-28-27(20-24)17-16-26(31(28)34)15-12-25-14-19-29(32)30(33)21-25/h2-3,6-9,13-14,16-21H,4-5H2,1H3/b3-2+. The normalized spacial score (nSPS) is 10.6. The second-order valence-corrected chi connectivity index (χ2v) is 7.80. The van der Waals surface area contributed by atoms with Crippen molar-refractivity contribution in [2.24, 2.45) is 0 Å². The zero-order valence-electron chi connectivity index (χ0n) is 18.6. The zero-order valence-corrected chi connectivity index (χ0v) is 18.6. The Bertz CT molecular complexity index is 1490. The minimum absolute atomic E-state index is 0.186. The SMILES string of the molecule is C/C=C/CCc1ccc(C#Cc2ccc3c(F)c(C#Cc4ccc(F)c(F)c4)ccc3c2)cc1. The Morgan fingerprint density at radius 3 is 2.12 bits per heavy atom. The third-order valence-electron chi connectivity index (χ3n) is 5.36. The summed E-state index contributed by atoms with van der Waals surface area (Å²) >= 11 is 0. The topological polar surface area (TPSA) is 0 Å². The third kappa shape index (κ3) is 5.58. The molecule has 0 aliphatic heterocycles. The lowest BCUT2D eigenvalue weighted by Gasteiger charge is -2.03. The molecule has 0 amide bonds. The molecule has 0 N–H and O–H groups in total. The Balaban J connectivity index is 1.53. The minimum Gasteiger partial charge on any atom is -0.205 e. The number of allylic oxidation sites excluding steroid dienone is 2. The van der Waals surface area contributed by atoms with Crippen LogP contribution in [0.5, 0.6) is 0 Å². The molecule has 3 heteroatoms. The maximum Gasteiger partial charge on any atom is 0.160 e. The number of benzene rings is 4. The zero-order chi connectivity index (χ0) is 23.9. The van der Waals surface area contributed by atoms with E-state index in [1.54, 1.807) is 24.3 Å². The Labute approximate surface area is 197 Å². The van der Waals surface area contributed by atoms with Gasteiger partial charge in [0.15, 0.2) is 11.6 Å². The average molecular weight is 451 g/mol. The summed E-state index contributed by atoms with van der Waals surface area (Å²) in [5.74, 6) is 9.29. The lowest BCUT2D eigenvalue weighted by Crippen LogP contribution is -1.88. The van der Waals surface area contributed by atoms with Gasteiger partial charge in [0.1, 0.15) is 5.82 Å². The van der Waals surface area contributed by atoms with Crippen LogP contribution >= 0.6 is 0 Å². The molecule has 0 saturated heterocycles. The van der Waals surface area contributed by atoms with Crippen LogP contribution in [0.1, 0.15) is 41.2 Å². The highest BCUT2D eigenvalue weighted by Crippen LogP contribution is 2.22. The molecule has 0 spiro atoms. The van der Waals surface area contributed by atoms with E-state index in [2.05, 4.69) is 48.0 Å². The molecule has 0 aromatic heterocycles. The van der Waals surface area contributed by atoms with Gasteiger partial charge < -0.3 is 0 Å². The van der Waals surface area contributed by atoms with Crippen molar-refractivity contribution in [2.45, 2.75) is 19.8 Å². The fourth-order valence-corrected chi connectivity index (χ4v) is 3.50. The van der Waals surface area contributed by atoms with E-state index in [0.717, 1.165) is 36.1 Å². The number of hydrogen-bond acceptors (Lipinski definition) is 0. The summed E-state index contributed by atoms with van der Waals surface area (Å²) in [7, 11) is 0. The molecular weight excluding hydrogens is 429 g/mol. The lowest BCUT2D eigenvalue weighted by molar-refractivity contribution is 0.508. The molecule has 0 aliphatic carbocycles. The summed E-state index contributed by atoms with van der Waals surface area (Å²) in [5, 5.41) is 1.13. The molecule has 0 nitrogen and oxygen atoms in total. The van der Waals surface area contributed by atoms with Crippen LogP contribution in [-0.2, 0) is 6.42 Å².